The van der Waals surface area contributed by atoms with E-state index in [2.05, 4.69) is 15.6 Å². The van der Waals surface area contributed by atoms with Crippen LogP contribution in [0.1, 0.15) is 15.9 Å². The zero-order valence-corrected chi connectivity index (χ0v) is 17.5. The van der Waals surface area contributed by atoms with Gasteiger partial charge in [-0.2, -0.15) is 10.2 Å². The number of carboxylic acids is 1. The molecule has 1 heterocycles. The molecular weight excluding hydrogens is 420 g/mol. The number of benzene rings is 3. The molecule has 0 saturated heterocycles. The van der Waals surface area contributed by atoms with Crippen LogP contribution in [0.3, 0.4) is 0 Å². The molecule has 0 aliphatic carbocycles. The maximum Gasteiger partial charge on any atom is 0.341 e. The lowest BCUT2D eigenvalue weighted by atomic mass is 10.1. The highest BCUT2D eigenvalue weighted by molar-refractivity contribution is 6.00. The van der Waals surface area contributed by atoms with E-state index in [0.717, 1.165) is 11.3 Å². The monoisotopic (exact) mass is 440 g/mol. The van der Waals surface area contributed by atoms with E-state index in [0.29, 0.717) is 22.6 Å². The first-order valence-electron chi connectivity index (χ1n) is 10.1. The molecule has 0 atom stereocenters. The molecular formula is C25H20N4O4. The molecule has 0 radical (unpaired) electrons. The summed E-state index contributed by atoms with van der Waals surface area (Å²) in [6, 6.07) is 25.7. The fraction of sp³-hybridized carbons (Fsp3) is 0.0400. The van der Waals surface area contributed by atoms with E-state index in [4.69, 9.17) is 9.84 Å². The van der Waals surface area contributed by atoms with Gasteiger partial charge in [0.15, 0.2) is 6.61 Å². The second-order valence-electron chi connectivity index (χ2n) is 6.96. The summed E-state index contributed by atoms with van der Waals surface area (Å²) in [4.78, 5) is 23.8. The Morgan fingerprint density at radius 1 is 0.970 bits per heavy atom. The summed E-state index contributed by atoms with van der Waals surface area (Å²) in [5.74, 6) is -1.17. The maximum absolute atomic E-state index is 13.0. The quantitative estimate of drug-likeness (QED) is 0.321. The van der Waals surface area contributed by atoms with Gasteiger partial charge in [0.25, 0.3) is 5.91 Å². The molecule has 0 aliphatic rings. The first-order chi connectivity index (χ1) is 16.1. The zero-order chi connectivity index (χ0) is 23.0. The van der Waals surface area contributed by atoms with Crippen LogP contribution in [0, 0.1) is 0 Å². The first-order valence-corrected chi connectivity index (χ1v) is 10.1. The van der Waals surface area contributed by atoms with Crippen LogP contribution in [0.2, 0.25) is 0 Å². The number of amides is 1. The molecule has 164 valence electrons. The Kier molecular flexibility index (Phi) is 6.56. The molecule has 2 N–H and O–H groups in total. The second-order valence-corrected chi connectivity index (χ2v) is 6.96. The van der Waals surface area contributed by atoms with Crippen molar-refractivity contribution in [2.24, 2.45) is 5.10 Å². The van der Waals surface area contributed by atoms with Crippen LogP contribution < -0.4 is 10.2 Å². The number of carbonyl (C=O) groups is 2. The lowest BCUT2D eigenvalue weighted by Crippen LogP contribution is -2.18. The Balaban J connectivity index is 1.58. The van der Waals surface area contributed by atoms with E-state index < -0.39 is 18.5 Å². The van der Waals surface area contributed by atoms with E-state index in [1.807, 2.05) is 60.7 Å². The normalized spacial score (nSPS) is 10.8. The van der Waals surface area contributed by atoms with Gasteiger partial charge in [0.1, 0.15) is 11.4 Å². The second kappa shape index (κ2) is 10.1. The maximum atomic E-state index is 13.0. The standard InChI is InChI=1S/C25H20N4O4/c30-23(31)17-33-22-14-8-7-11-19(22)15-26-27-25(32)21-16-29(20-12-5-2-6-13-20)28-24(21)18-9-3-1-4-10-18/h1-16H,17H2,(H,27,32)(H,30,31)/b26-15+. The minimum atomic E-state index is -1.08. The predicted molar refractivity (Wildman–Crippen MR) is 124 cm³/mol. The zero-order valence-electron chi connectivity index (χ0n) is 17.5. The van der Waals surface area contributed by atoms with Gasteiger partial charge in [-0.25, -0.2) is 14.9 Å². The Bertz CT molecular complexity index is 1280. The van der Waals surface area contributed by atoms with Crippen molar-refractivity contribution in [1.29, 1.82) is 0 Å². The fourth-order valence-corrected chi connectivity index (χ4v) is 3.14. The molecule has 3 aromatic carbocycles. The minimum absolute atomic E-state index is 0.347. The summed E-state index contributed by atoms with van der Waals surface area (Å²) in [6.07, 6.45) is 3.06. The molecule has 0 aliphatic heterocycles. The van der Waals surface area contributed by atoms with Crippen molar-refractivity contribution in [2.45, 2.75) is 0 Å². The van der Waals surface area contributed by atoms with E-state index in [-0.39, 0.29) is 0 Å². The van der Waals surface area contributed by atoms with Gasteiger partial charge in [-0.05, 0) is 24.3 Å². The number of hydrogen-bond donors (Lipinski definition) is 2. The average Bonchev–Trinajstić information content (AvgIpc) is 3.30. The van der Waals surface area contributed by atoms with Crippen LogP contribution in [0.15, 0.2) is 96.2 Å². The van der Waals surface area contributed by atoms with Gasteiger partial charge in [0.2, 0.25) is 0 Å². The summed E-state index contributed by atoms with van der Waals surface area (Å²) in [7, 11) is 0. The van der Waals surface area contributed by atoms with E-state index in [1.54, 1.807) is 35.1 Å². The third kappa shape index (κ3) is 5.31. The summed E-state index contributed by atoms with van der Waals surface area (Å²) < 4.78 is 6.90. The summed E-state index contributed by atoms with van der Waals surface area (Å²) in [5.41, 5.74) is 5.55. The van der Waals surface area contributed by atoms with Crippen molar-refractivity contribution in [3.63, 3.8) is 0 Å². The highest BCUT2D eigenvalue weighted by Crippen LogP contribution is 2.23. The Labute approximate surface area is 189 Å². The van der Waals surface area contributed by atoms with Crippen molar-refractivity contribution >= 4 is 18.1 Å². The van der Waals surface area contributed by atoms with Gasteiger partial charge in [0, 0.05) is 17.3 Å². The lowest BCUT2D eigenvalue weighted by molar-refractivity contribution is -0.139. The van der Waals surface area contributed by atoms with Crippen molar-refractivity contribution < 1.29 is 19.4 Å². The molecule has 8 nitrogen and oxygen atoms in total. The van der Waals surface area contributed by atoms with Gasteiger partial charge in [0.05, 0.1) is 17.5 Å². The average molecular weight is 440 g/mol. The van der Waals surface area contributed by atoms with Crippen LogP contribution in [0.4, 0.5) is 0 Å². The van der Waals surface area contributed by atoms with Crippen LogP contribution in [-0.4, -0.2) is 39.6 Å². The Morgan fingerprint density at radius 3 is 2.36 bits per heavy atom. The Morgan fingerprint density at radius 2 is 1.64 bits per heavy atom. The number of rotatable bonds is 8. The smallest absolute Gasteiger partial charge is 0.341 e. The third-order valence-corrected chi connectivity index (χ3v) is 4.67. The van der Waals surface area contributed by atoms with E-state index >= 15 is 0 Å². The number of carbonyl (C=O) groups excluding carboxylic acids is 1. The van der Waals surface area contributed by atoms with Gasteiger partial charge >= 0.3 is 5.97 Å². The summed E-state index contributed by atoms with van der Waals surface area (Å²) >= 11 is 0. The predicted octanol–water partition coefficient (Wildman–Crippen LogP) is 3.77. The number of hydrogen-bond acceptors (Lipinski definition) is 5. The number of carboxylic acid groups (broad SMARTS) is 1. The van der Waals surface area contributed by atoms with Gasteiger partial charge in [-0.3, -0.25) is 4.79 Å². The van der Waals surface area contributed by atoms with Crippen LogP contribution in [0.5, 0.6) is 5.75 Å². The number of hydrazone groups is 1. The number of ether oxygens (including phenoxy) is 1. The summed E-state index contributed by atoms with van der Waals surface area (Å²) in [6.45, 7) is -0.476. The lowest BCUT2D eigenvalue weighted by Gasteiger charge is -2.06. The molecule has 4 aromatic rings. The molecule has 4 rings (SSSR count). The van der Waals surface area contributed by atoms with Crippen molar-refractivity contribution in [1.82, 2.24) is 15.2 Å². The molecule has 1 amide bonds. The molecule has 0 unspecified atom stereocenters. The topological polar surface area (TPSA) is 106 Å². The number of aromatic nitrogens is 2. The van der Waals surface area contributed by atoms with Gasteiger partial charge in [-0.15, -0.1) is 0 Å². The molecule has 0 fully saturated rings. The third-order valence-electron chi connectivity index (χ3n) is 4.67. The molecule has 1 aromatic heterocycles. The van der Waals surface area contributed by atoms with Crippen LogP contribution in [0.25, 0.3) is 16.9 Å². The van der Waals surface area contributed by atoms with Crippen molar-refractivity contribution in [3.8, 4) is 22.7 Å². The summed E-state index contributed by atoms with van der Waals surface area (Å²) in [5, 5.41) is 17.5. The molecule has 0 saturated carbocycles. The molecule has 0 spiro atoms. The number of nitrogens with zero attached hydrogens (tertiary/aromatic N) is 3. The number of para-hydroxylation sites is 2. The number of nitrogens with one attached hydrogen (secondary N) is 1. The highest BCUT2D eigenvalue weighted by Gasteiger charge is 2.18. The Hall–Kier alpha value is -4.72. The largest absolute Gasteiger partial charge is 0.481 e. The SMILES string of the molecule is O=C(O)COc1ccccc1/C=N/NC(=O)c1cn(-c2ccccc2)nc1-c1ccccc1. The van der Waals surface area contributed by atoms with Gasteiger partial charge in [-0.1, -0.05) is 60.7 Å². The van der Waals surface area contributed by atoms with Crippen molar-refractivity contribution in [3.05, 3.63) is 102 Å². The van der Waals surface area contributed by atoms with Crippen LogP contribution in [-0.2, 0) is 4.79 Å². The van der Waals surface area contributed by atoms with Gasteiger partial charge < -0.3 is 9.84 Å². The minimum Gasteiger partial charge on any atom is -0.481 e. The molecule has 0 bridgehead atoms. The van der Waals surface area contributed by atoms with E-state index in [1.165, 1.54) is 6.21 Å². The molecule has 8 heteroatoms. The molecule has 33 heavy (non-hydrogen) atoms. The van der Waals surface area contributed by atoms with Crippen LogP contribution >= 0.6 is 0 Å². The highest BCUT2D eigenvalue weighted by atomic mass is 16.5. The fourth-order valence-electron chi connectivity index (χ4n) is 3.14. The van der Waals surface area contributed by atoms with Crippen molar-refractivity contribution in [2.75, 3.05) is 6.61 Å². The first kappa shape index (κ1) is 21.5. The van der Waals surface area contributed by atoms with E-state index in [9.17, 15) is 9.59 Å². The number of aliphatic carboxylic acids is 1.